The molecule has 0 N–H and O–H groups in total. The van der Waals surface area contributed by atoms with E-state index in [1.54, 1.807) is 0 Å². The minimum atomic E-state index is 0.0203. The molecule has 15 rings (SSSR count). The van der Waals surface area contributed by atoms with Crippen molar-refractivity contribution in [3.8, 4) is 33.6 Å². The summed E-state index contributed by atoms with van der Waals surface area (Å²) in [6.45, 7) is 27.9. The van der Waals surface area contributed by atoms with Crippen LogP contribution in [0.1, 0.15) is 105 Å². The Morgan fingerprint density at radius 3 is 0.867 bits per heavy atom. The molecule has 15 aromatic rings. The number of benzene rings is 12. The summed E-state index contributed by atoms with van der Waals surface area (Å²) in [6, 6.07) is 80.2. The van der Waals surface area contributed by atoms with Crippen molar-refractivity contribution in [2.45, 2.75) is 105 Å². The van der Waals surface area contributed by atoms with E-state index in [0.717, 1.165) is 0 Å². The topological polar surface area (TPSA) is 9.86 Å². The van der Waals surface area contributed by atoms with Gasteiger partial charge in [0, 0.05) is 0 Å². The van der Waals surface area contributed by atoms with Crippen molar-refractivity contribution in [2.24, 2.45) is 0 Å². The van der Waals surface area contributed by atoms with Crippen LogP contribution in [0.15, 0.2) is 206 Å². The Morgan fingerprint density at radius 1 is 0.241 bits per heavy atom. The molecule has 2 nitrogen and oxygen atoms in total. The van der Waals surface area contributed by atoms with E-state index in [4.69, 9.17) is 0 Å². The molecule has 83 heavy (non-hydrogen) atoms. The van der Waals surface area contributed by atoms with Gasteiger partial charge in [-0.3, -0.25) is 0 Å². The normalized spacial score (nSPS) is 13.1. The predicted octanol–water partition coefficient (Wildman–Crippen LogP) is 22.4. The van der Waals surface area contributed by atoms with E-state index in [9.17, 15) is 0 Å². The van der Waals surface area contributed by atoms with Gasteiger partial charge < -0.3 is 0 Å². The van der Waals surface area contributed by atoms with E-state index >= 15 is 0 Å². The number of hydrogen-bond acceptors (Lipinski definition) is 0. The molecule has 3 heteroatoms. The predicted molar refractivity (Wildman–Crippen MR) is 363 cm³/mol. The molecule has 0 aliphatic heterocycles. The van der Waals surface area contributed by atoms with E-state index in [0.29, 0.717) is 0 Å². The Hall–Kier alpha value is -8.20. The zero-order valence-electron chi connectivity index (χ0n) is 49.9. The van der Waals surface area contributed by atoms with Crippen molar-refractivity contribution < 1.29 is 0 Å². The van der Waals surface area contributed by atoms with Crippen LogP contribution in [0.25, 0.3) is 140 Å². The van der Waals surface area contributed by atoms with E-state index in [1.807, 2.05) is 0 Å². The summed E-state index contributed by atoms with van der Waals surface area (Å²) in [4.78, 5) is 0. The number of rotatable bonds is 4. The zero-order valence-corrected chi connectivity index (χ0v) is 51.6. The molecule has 0 spiro atoms. The first-order valence-electron chi connectivity index (χ1n) is 29.7. The molecule has 3 heterocycles. The Morgan fingerprint density at radius 2 is 0.542 bits per heavy atom. The van der Waals surface area contributed by atoms with Gasteiger partial charge in [0.15, 0.2) is 0 Å². The molecule has 0 saturated heterocycles. The maximum absolute atomic E-state index is 2.58. The number of hydrogen-bond donors (Lipinski definition) is 0. The van der Waals surface area contributed by atoms with Crippen LogP contribution in [0.5, 0.6) is 0 Å². The molecule has 3 aromatic heterocycles. The summed E-state index contributed by atoms with van der Waals surface area (Å²) in [5.41, 5.74) is 18.0. The average Bonchev–Trinajstić information content (AvgIpc) is 1.94. The van der Waals surface area contributed by atoms with Crippen molar-refractivity contribution in [1.29, 1.82) is 0 Å². The van der Waals surface area contributed by atoms with E-state index in [1.165, 1.54) is 162 Å². The summed E-state index contributed by atoms with van der Waals surface area (Å²) < 4.78 is 8.03. The van der Waals surface area contributed by atoms with Crippen molar-refractivity contribution in [1.82, 2.24) is 9.13 Å². The van der Waals surface area contributed by atoms with Crippen LogP contribution in [0.3, 0.4) is 0 Å². The fraction of sp³-hybridized carbons (Fsp3) is 0.200. The molecule has 0 aliphatic carbocycles. The Kier molecular flexibility index (Phi) is 11.3. The van der Waals surface area contributed by atoms with Crippen molar-refractivity contribution in [2.75, 3.05) is 0 Å². The number of aromatic nitrogens is 2. The molecule has 12 aromatic carbocycles. The van der Waals surface area contributed by atoms with Crippen LogP contribution in [-0.4, -0.2) is 23.6 Å². The first-order valence-corrected chi connectivity index (χ1v) is 31.5. The Bertz CT molecular complexity index is 4980. The third kappa shape index (κ3) is 8.02. The third-order valence-corrected chi connectivity index (χ3v) is 20.7. The summed E-state index contributed by atoms with van der Waals surface area (Å²) in [7, 11) is 0. The summed E-state index contributed by atoms with van der Waals surface area (Å²) in [6.07, 6.45) is 0. The van der Waals surface area contributed by atoms with Crippen LogP contribution >= 0.6 is 0 Å². The first kappa shape index (κ1) is 51.7. The second kappa shape index (κ2) is 18.1. The van der Waals surface area contributed by atoms with Crippen molar-refractivity contribution in [3.05, 3.63) is 229 Å². The Labute approximate surface area is 493 Å². The van der Waals surface area contributed by atoms with Gasteiger partial charge in [-0.25, -0.2) is 0 Å². The summed E-state index contributed by atoms with van der Waals surface area (Å²) >= 11 is 0.135. The van der Waals surface area contributed by atoms with Crippen molar-refractivity contribution >= 4 is 120 Å². The molecule has 0 fully saturated rings. The molecule has 0 bridgehead atoms. The van der Waals surface area contributed by atoms with Crippen LogP contribution in [0.4, 0.5) is 0 Å². The van der Waals surface area contributed by atoms with Crippen LogP contribution in [0.2, 0.25) is 0 Å². The Balaban J connectivity index is 0.911. The first-order chi connectivity index (χ1) is 39.7. The van der Waals surface area contributed by atoms with Crippen LogP contribution < -0.4 is 0 Å². The van der Waals surface area contributed by atoms with Gasteiger partial charge in [0.2, 0.25) is 0 Å². The molecule has 0 amide bonds. The standard InChI is InChI=1S/C80H70N2Se/c1-77(2,3)49-31-36-67-62(43-49)63-44-50(78(4,5)6)32-37-68(63)81(67)75-58-25-17-13-21-54(58)73(55-22-14-18-26-59(55)75)47-30-40-71-66(41-47)53-35-29-48(42-72(53)83-71)74-56-23-15-19-27-60(56)76(61-28-20-16-24-57(61)74)82-69-38-33-51(79(7,8)9)45-64(69)65-46-52(80(10,11)12)34-39-70(65)82/h13-46H,1-12H3. The molecular weight excluding hydrogens is 1070 g/mol. The second-order valence-electron chi connectivity index (χ2n) is 27.8. The fourth-order valence-electron chi connectivity index (χ4n) is 13.8. The number of fused-ring (bicyclic) bond motifs is 13. The third-order valence-electron chi connectivity index (χ3n) is 18.3. The van der Waals surface area contributed by atoms with Gasteiger partial charge in [0.05, 0.1) is 0 Å². The average molecular weight is 1140 g/mol. The molecule has 0 atom stereocenters. The second-order valence-corrected chi connectivity index (χ2v) is 30.0. The van der Waals surface area contributed by atoms with E-state index in [2.05, 4.69) is 298 Å². The monoisotopic (exact) mass is 1140 g/mol. The number of nitrogens with zero attached hydrogens (tertiary/aromatic N) is 2. The van der Waals surface area contributed by atoms with Crippen LogP contribution in [0, 0.1) is 0 Å². The molecular formula is C80H70N2Se. The molecule has 406 valence electrons. The van der Waals surface area contributed by atoms with Gasteiger partial charge in [0.1, 0.15) is 0 Å². The zero-order chi connectivity index (χ0) is 57.2. The van der Waals surface area contributed by atoms with Gasteiger partial charge in [-0.15, -0.1) is 0 Å². The van der Waals surface area contributed by atoms with E-state index < -0.39 is 0 Å². The molecule has 0 aliphatic rings. The SMILES string of the molecule is CC(C)(C)c1ccc2c(c1)c1cc(C(C)(C)C)ccc1n2-c1c2ccccc2c(-c2ccc3c(c2)[se]c2ccc(-c4c5ccccc5c(-n5c6ccc(C(C)(C)C)cc6c6cc(C(C)(C)C)ccc65)c5ccccc45)cc23)c2ccccc12. The van der Waals surface area contributed by atoms with Crippen molar-refractivity contribution in [3.63, 3.8) is 0 Å². The fourth-order valence-corrected chi connectivity index (χ4v) is 16.2. The maximum atomic E-state index is 2.58. The van der Waals surface area contributed by atoms with Gasteiger partial charge >= 0.3 is 381 Å². The minimum absolute atomic E-state index is 0.0203. The molecule has 0 saturated carbocycles. The molecule has 0 unspecified atom stereocenters. The van der Waals surface area contributed by atoms with E-state index in [-0.39, 0.29) is 36.2 Å². The quantitative estimate of drug-likeness (QED) is 0.123. The van der Waals surface area contributed by atoms with Gasteiger partial charge in [-0.2, -0.15) is 0 Å². The van der Waals surface area contributed by atoms with Gasteiger partial charge in [-0.1, -0.05) is 83.1 Å². The molecule has 0 radical (unpaired) electrons. The van der Waals surface area contributed by atoms with Gasteiger partial charge in [-0.05, 0) is 32.8 Å². The van der Waals surface area contributed by atoms with Gasteiger partial charge in [0.25, 0.3) is 0 Å². The van der Waals surface area contributed by atoms with Crippen LogP contribution in [-0.2, 0) is 21.7 Å². The summed E-state index contributed by atoms with van der Waals surface area (Å²) in [5.74, 6) is 0. The summed E-state index contributed by atoms with van der Waals surface area (Å²) in [5, 5.41) is 18.0.